The molecule has 2 rings (SSSR count). The van der Waals surface area contributed by atoms with Crippen LogP contribution in [0.25, 0.3) is 0 Å². The van der Waals surface area contributed by atoms with Crippen LogP contribution in [-0.4, -0.2) is 53.6 Å². The Hall–Kier alpha value is -3.50. The maximum atomic E-state index is 11.7. The topological polar surface area (TPSA) is 135 Å². The zero-order chi connectivity index (χ0) is 21.1. The third-order valence-electron chi connectivity index (χ3n) is 3.95. The van der Waals surface area contributed by atoms with Gasteiger partial charge in [0.15, 0.2) is 0 Å². The van der Waals surface area contributed by atoms with E-state index < -0.39 is 30.4 Å². The summed E-state index contributed by atoms with van der Waals surface area (Å²) in [5.41, 5.74) is 0.875. The average Bonchev–Trinajstić information content (AvgIpc) is 3.03. The smallest absolute Gasteiger partial charge is 0.407 e. The van der Waals surface area contributed by atoms with Gasteiger partial charge in [0.05, 0.1) is 5.29 Å². The fourth-order valence-electron chi connectivity index (χ4n) is 2.47. The summed E-state index contributed by atoms with van der Waals surface area (Å²) >= 11 is 0. The number of hydrogen-bond acceptors (Lipinski definition) is 8. The van der Waals surface area contributed by atoms with Gasteiger partial charge in [0.1, 0.15) is 13.2 Å². The van der Waals surface area contributed by atoms with E-state index in [4.69, 9.17) is 4.74 Å². The van der Waals surface area contributed by atoms with Crippen LogP contribution < -0.4 is 5.32 Å². The molecule has 156 valence electrons. The van der Waals surface area contributed by atoms with E-state index in [-0.39, 0.29) is 26.0 Å². The molecule has 11 heteroatoms. The molecule has 11 nitrogen and oxygen atoms in total. The van der Waals surface area contributed by atoms with Crippen LogP contribution in [0.3, 0.4) is 0 Å². The molecule has 1 aromatic rings. The quantitative estimate of drug-likeness (QED) is 0.251. The predicted molar refractivity (Wildman–Crippen MR) is 98.4 cm³/mol. The highest BCUT2D eigenvalue weighted by molar-refractivity contribution is 6.01. The molecule has 1 aromatic carbocycles. The molecule has 29 heavy (non-hydrogen) atoms. The van der Waals surface area contributed by atoms with E-state index in [0.29, 0.717) is 24.4 Å². The largest absolute Gasteiger partial charge is 0.445 e. The van der Waals surface area contributed by atoms with Gasteiger partial charge in [-0.1, -0.05) is 30.3 Å². The summed E-state index contributed by atoms with van der Waals surface area (Å²) < 4.78 is 5.06. The minimum atomic E-state index is -0.934. The Kier molecular flexibility index (Phi) is 8.54. The first-order valence-electron chi connectivity index (χ1n) is 9.09. The van der Waals surface area contributed by atoms with Crippen molar-refractivity contribution in [2.24, 2.45) is 5.29 Å². The van der Waals surface area contributed by atoms with Crippen LogP contribution in [0.2, 0.25) is 0 Å². The van der Waals surface area contributed by atoms with Gasteiger partial charge in [0, 0.05) is 25.9 Å². The number of imide groups is 1. The Morgan fingerprint density at radius 3 is 2.45 bits per heavy atom. The molecule has 0 unspecified atom stereocenters. The second-order valence-corrected chi connectivity index (χ2v) is 6.21. The Morgan fingerprint density at radius 2 is 1.79 bits per heavy atom. The average molecular weight is 406 g/mol. The third-order valence-corrected chi connectivity index (χ3v) is 3.95. The van der Waals surface area contributed by atoms with Crippen molar-refractivity contribution in [1.29, 1.82) is 0 Å². The van der Waals surface area contributed by atoms with Gasteiger partial charge in [-0.2, -0.15) is 0 Å². The number of amides is 3. The van der Waals surface area contributed by atoms with Gasteiger partial charge in [-0.3, -0.25) is 9.59 Å². The van der Waals surface area contributed by atoms with E-state index in [1.54, 1.807) is 0 Å². The van der Waals surface area contributed by atoms with Crippen molar-refractivity contribution in [3.63, 3.8) is 0 Å². The van der Waals surface area contributed by atoms with E-state index >= 15 is 0 Å². The number of carbonyl (C=O) groups is 4. The standard InChI is InChI=1S/C18H22N4O7/c23-15-8-9-16(24)22(15)29-17(25)12-21(20-27)11-5-4-10-19-18(26)28-13-14-6-2-1-3-7-14/h1-3,6-7H,4-5,8-13H2,(H,19,26). The summed E-state index contributed by atoms with van der Waals surface area (Å²) in [6.45, 7) is 0.134. The number of nitroso groups, excluding NO2 is 1. The van der Waals surface area contributed by atoms with Crippen molar-refractivity contribution in [1.82, 2.24) is 15.4 Å². The second kappa shape index (κ2) is 11.4. The number of unbranched alkanes of at least 4 members (excludes halogenated alkanes) is 1. The highest BCUT2D eigenvalue weighted by Gasteiger charge is 2.33. The van der Waals surface area contributed by atoms with Gasteiger partial charge in [0.2, 0.25) is 0 Å². The van der Waals surface area contributed by atoms with E-state index in [2.05, 4.69) is 15.4 Å². The van der Waals surface area contributed by atoms with Crippen LogP contribution in [0.1, 0.15) is 31.2 Å². The van der Waals surface area contributed by atoms with Crippen molar-refractivity contribution < 1.29 is 28.8 Å². The summed E-state index contributed by atoms with van der Waals surface area (Å²) in [5.74, 6) is -2.13. The number of benzene rings is 1. The molecule has 1 saturated heterocycles. The van der Waals surface area contributed by atoms with Crippen molar-refractivity contribution >= 4 is 23.9 Å². The number of rotatable bonds is 11. The fourth-order valence-corrected chi connectivity index (χ4v) is 2.47. The van der Waals surface area contributed by atoms with Crippen LogP contribution in [0.4, 0.5) is 4.79 Å². The fraction of sp³-hybridized carbons (Fsp3) is 0.444. The van der Waals surface area contributed by atoms with Crippen molar-refractivity contribution in [2.75, 3.05) is 19.6 Å². The maximum absolute atomic E-state index is 11.7. The summed E-state index contributed by atoms with van der Waals surface area (Å²) in [6.07, 6.45) is 0.401. The molecule has 1 heterocycles. The third kappa shape index (κ3) is 7.56. The Labute approximate surface area is 166 Å². The van der Waals surface area contributed by atoms with E-state index in [0.717, 1.165) is 10.6 Å². The van der Waals surface area contributed by atoms with Gasteiger partial charge in [-0.25, -0.2) is 14.6 Å². The number of nitrogens with one attached hydrogen (secondary N) is 1. The molecule has 1 N–H and O–H groups in total. The number of ether oxygens (including phenoxy) is 1. The summed E-state index contributed by atoms with van der Waals surface area (Å²) in [5, 5.41) is 6.63. The first kappa shape index (κ1) is 21.8. The molecule has 0 saturated carbocycles. The summed E-state index contributed by atoms with van der Waals surface area (Å²) in [4.78, 5) is 61.6. The molecule has 0 spiro atoms. The normalized spacial score (nSPS) is 13.2. The lowest BCUT2D eigenvalue weighted by molar-refractivity contribution is -0.198. The number of hydroxylamine groups is 2. The first-order chi connectivity index (χ1) is 14.0. The highest BCUT2D eigenvalue weighted by Crippen LogP contribution is 2.12. The molecule has 0 aromatic heterocycles. The molecule has 1 aliphatic rings. The molecule has 0 aliphatic carbocycles. The highest BCUT2D eigenvalue weighted by atomic mass is 16.7. The van der Waals surface area contributed by atoms with Crippen molar-refractivity contribution in [2.45, 2.75) is 32.3 Å². The monoisotopic (exact) mass is 406 g/mol. The second-order valence-electron chi connectivity index (χ2n) is 6.21. The van der Waals surface area contributed by atoms with E-state index in [1.165, 1.54) is 0 Å². The summed E-state index contributed by atoms with van der Waals surface area (Å²) in [7, 11) is 0. The molecule has 0 atom stereocenters. The first-order valence-corrected chi connectivity index (χ1v) is 9.09. The lowest BCUT2D eigenvalue weighted by atomic mass is 10.2. The molecule has 3 amide bonds. The van der Waals surface area contributed by atoms with Gasteiger partial charge in [0.25, 0.3) is 11.8 Å². The van der Waals surface area contributed by atoms with Gasteiger partial charge < -0.3 is 14.9 Å². The number of hydrogen-bond donors (Lipinski definition) is 1. The minimum Gasteiger partial charge on any atom is -0.445 e. The van der Waals surface area contributed by atoms with Crippen LogP contribution in [-0.2, 0) is 30.6 Å². The van der Waals surface area contributed by atoms with Gasteiger partial charge in [-0.15, -0.1) is 9.97 Å². The number of carbonyl (C=O) groups excluding carboxylic acids is 4. The molecule has 0 radical (unpaired) electrons. The molecular weight excluding hydrogens is 384 g/mol. The predicted octanol–water partition coefficient (Wildman–Crippen LogP) is 1.28. The summed E-state index contributed by atoms with van der Waals surface area (Å²) in [6, 6.07) is 9.25. The molecule has 1 aliphatic heterocycles. The SMILES string of the molecule is O=NN(CCCCNC(=O)OCc1ccccc1)CC(=O)ON1C(=O)CCC1=O. The molecular formula is C18H22N4O7. The lowest BCUT2D eigenvalue weighted by Crippen LogP contribution is -2.36. The van der Waals surface area contributed by atoms with Gasteiger partial charge in [-0.05, 0) is 18.4 Å². The number of nitrogens with zero attached hydrogens (tertiary/aromatic N) is 3. The zero-order valence-electron chi connectivity index (χ0n) is 15.7. The lowest BCUT2D eigenvalue weighted by Gasteiger charge is -2.17. The zero-order valence-corrected chi connectivity index (χ0v) is 15.7. The van der Waals surface area contributed by atoms with Crippen LogP contribution in [0, 0.1) is 4.91 Å². The Morgan fingerprint density at radius 1 is 1.10 bits per heavy atom. The van der Waals surface area contributed by atoms with Crippen molar-refractivity contribution in [3.05, 3.63) is 40.8 Å². The minimum absolute atomic E-state index is 0.0114. The van der Waals surface area contributed by atoms with Crippen LogP contribution >= 0.6 is 0 Å². The number of alkyl carbamates (subject to hydrolysis) is 1. The maximum Gasteiger partial charge on any atom is 0.407 e. The van der Waals surface area contributed by atoms with E-state index in [9.17, 15) is 24.1 Å². The van der Waals surface area contributed by atoms with Gasteiger partial charge >= 0.3 is 12.1 Å². The Balaban J connectivity index is 1.57. The molecule has 0 bridgehead atoms. The van der Waals surface area contributed by atoms with Crippen LogP contribution in [0.15, 0.2) is 35.6 Å². The van der Waals surface area contributed by atoms with Crippen LogP contribution in [0.5, 0.6) is 0 Å². The van der Waals surface area contributed by atoms with E-state index in [1.807, 2.05) is 30.3 Å². The Bertz CT molecular complexity index is 725. The molecule has 1 fully saturated rings. The van der Waals surface area contributed by atoms with Crippen molar-refractivity contribution in [3.8, 4) is 0 Å².